The molecule has 1 unspecified atom stereocenters. The van der Waals surface area contributed by atoms with Crippen LogP contribution in [-0.4, -0.2) is 43.1 Å². The van der Waals surface area contributed by atoms with E-state index in [-0.39, 0.29) is 24.3 Å². The average Bonchev–Trinajstić information content (AvgIpc) is 2.54. The first kappa shape index (κ1) is 18.0. The molecule has 0 saturated heterocycles. The summed E-state index contributed by atoms with van der Waals surface area (Å²) >= 11 is 0. The summed E-state index contributed by atoms with van der Waals surface area (Å²) in [5.74, 6) is 0.122. The Hall–Kier alpha value is -2.04. The highest BCUT2D eigenvalue weighted by Gasteiger charge is 2.23. The van der Waals surface area contributed by atoms with E-state index in [0.717, 1.165) is 6.42 Å². The average molecular weight is 307 g/mol. The maximum absolute atomic E-state index is 12.8. The zero-order valence-electron chi connectivity index (χ0n) is 13.8. The first-order valence-corrected chi connectivity index (χ1v) is 7.64. The van der Waals surface area contributed by atoms with Crippen molar-refractivity contribution in [1.82, 2.24) is 4.90 Å². The molecule has 0 fully saturated rings. The van der Waals surface area contributed by atoms with Gasteiger partial charge in [0.05, 0.1) is 25.7 Å². The predicted molar refractivity (Wildman–Crippen MR) is 85.0 cm³/mol. The zero-order valence-corrected chi connectivity index (χ0v) is 13.8. The Balaban J connectivity index is 2.91. The lowest BCUT2D eigenvalue weighted by molar-refractivity contribution is -0.143. The fraction of sp³-hybridized carbons (Fsp3) is 0.529. The van der Waals surface area contributed by atoms with Crippen LogP contribution in [0.25, 0.3) is 0 Å². The predicted octanol–water partition coefficient (Wildman–Crippen LogP) is 2.89. The molecule has 0 aliphatic rings. The van der Waals surface area contributed by atoms with E-state index < -0.39 is 0 Å². The number of carbonyl (C=O) groups is 2. The van der Waals surface area contributed by atoms with E-state index in [1.54, 1.807) is 30.0 Å². The van der Waals surface area contributed by atoms with Gasteiger partial charge < -0.3 is 14.4 Å². The molecule has 22 heavy (non-hydrogen) atoms. The molecule has 1 atom stereocenters. The van der Waals surface area contributed by atoms with E-state index in [0.29, 0.717) is 24.5 Å². The van der Waals surface area contributed by atoms with Gasteiger partial charge in [-0.05, 0) is 32.4 Å². The summed E-state index contributed by atoms with van der Waals surface area (Å²) in [5, 5.41) is 0. The Labute approximate surface area is 132 Å². The summed E-state index contributed by atoms with van der Waals surface area (Å²) in [5.41, 5.74) is 0.508. The first-order chi connectivity index (χ1) is 10.5. The summed E-state index contributed by atoms with van der Waals surface area (Å²) < 4.78 is 10.2. The number of nitrogens with zero attached hydrogens (tertiary/aromatic N) is 1. The van der Waals surface area contributed by atoms with Gasteiger partial charge in [-0.1, -0.05) is 19.1 Å². The molecule has 0 aliphatic heterocycles. The van der Waals surface area contributed by atoms with Crippen LogP contribution in [0.1, 0.15) is 44.0 Å². The van der Waals surface area contributed by atoms with Crippen LogP contribution >= 0.6 is 0 Å². The second kappa shape index (κ2) is 9.07. The molecule has 1 aromatic rings. The van der Waals surface area contributed by atoms with E-state index >= 15 is 0 Å². The highest BCUT2D eigenvalue weighted by Crippen LogP contribution is 2.21. The number of amides is 1. The van der Waals surface area contributed by atoms with Crippen molar-refractivity contribution in [1.29, 1.82) is 0 Å². The molecular formula is C17H25NO4. The summed E-state index contributed by atoms with van der Waals surface area (Å²) in [6, 6.07) is 7.15. The number of esters is 1. The Morgan fingerprint density at radius 2 is 1.91 bits per heavy atom. The normalized spacial score (nSPS) is 11.6. The number of ether oxygens (including phenoxy) is 2. The fourth-order valence-electron chi connectivity index (χ4n) is 2.16. The molecule has 0 N–H and O–H groups in total. The van der Waals surface area contributed by atoms with Crippen molar-refractivity contribution in [2.75, 3.05) is 20.3 Å². The topological polar surface area (TPSA) is 55.8 Å². The molecule has 0 saturated carbocycles. The maximum atomic E-state index is 12.8. The summed E-state index contributed by atoms with van der Waals surface area (Å²) in [6.45, 7) is 6.44. The summed E-state index contributed by atoms with van der Waals surface area (Å²) in [7, 11) is 1.54. The molecule has 1 rings (SSSR count). The van der Waals surface area contributed by atoms with Crippen molar-refractivity contribution >= 4 is 11.9 Å². The Bertz CT molecular complexity index is 501. The van der Waals surface area contributed by atoms with Crippen molar-refractivity contribution in [3.05, 3.63) is 29.8 Å². The van der Waals surface area contributed by atoms with Gasteiger partial charge in [-0.25, -0.2) is 0 Å². The van der Waals surface area contributed by atoms with Crippen molar-refractivity contribution in [2.24, 2.45) is 0 Å². The smallest absolute Gasteiger partial charge is 0.307 e. The molecule has 0 aliphatic carbocycles. The van der Waals surface area contributed by atoms with Crippen LogP contribution < -0.4 is 4.74 Å². The minimum atomic E-state index is -0.288. The SMILES string of the molecule is CCOC(=O)CCN(C(=O)c1ccccc1OC)C(C)CC. The fourth-order valence-corrected chi connectivity index (χ4v) is 2.16. The molecule has 5 heteroatoms. The largest absolute Gasteiger partial charge is 0.496 e. The van der Waals surface area contributed by atoms with Crippen molar-refractivity contribution in [3.63, 3.8) is 0 Å². The Morgan fingerprint density at radius 1 is 1.23 bits per heavy atom. The number of hydrogen-bond acceptors (Lipinski definition) is 4. The summed E-state index contributed by atoms with van der Waals surface area (Å²) in [4.78, 5) is 26.0. The zero-order chi connectivity index (χ0) is 16.5. The van der Waals surface area contributed by atoms with Gasteiger partial charge in [0.15, 0.2) is 0 Å². The number of methoxy groups -OCH3 is 1. The second-order valence-electron chi connectivity index (χ2n) is 5.01. The van der Waals surface area contributed by atoms with Gasteiger partial charge in [-0.2, -0.15) is 0 Å². The molecule has 1 aromatic carbocycles. The maximum Gasteiger partial charge on any atom is 0.307 e. The van der Waals surface area contributed by atoms with E-state index in [2.05, 4.69) is 0 Å². The van der Waals surface area contributed by atoms with Crippen LogP contribution in [-0.2, 0) is 9.53 Å². The summed E-state index contributed by atoms with van der Waals surface area (Å²) in [6.07, 6.45) is 1.00. The Morgan fingerprint density at radius 3 is 2.50 bits per heavy atom. The van der Waals surface area contributed by atoms with Crippen LogP contribution in [0, 0.1) is 0 Å². The highest BCUT2D eigenvalue weighted by atomic mass is 16.5. The van der Waals surface area contributed by atoms with Crippen LogP contribution in [0.15, 0.2) is 24.3 Å². The van der Waals surface area contributed by atoms with Crippen molar-refractivity contribution < 1.29 is 19.1 Å². The molecule has 0 heterocycles. The van der Waals surface area contributed by atoms with Crippen molar-refractivity contribution in [2.45, 2.75) is 39.7 Å². The standard InChI is InChI=1S/C17H25NO4/c1-5-13(3)18(12-11-16(19)22-6-2)17(20)14-9-7-8-10-15(14)21-4/h7-10,13H,5-6,11-12H2,1-4H3. The van der Waals surface area contributed by atoms with E-state index in [1.165, 1.54) is 7.11 Å². The number of rotatable bonds is 8. The molecule has 0 aromatic heterocycles. The van der Waals surface area contributed by atoms with Crippen LogP contribution in [0.2, 0.25) is 0 Å². The van der Waals surface area contributed by atoms with Gasteiger partial charge in [0.1, 0.15) is 5.75 Å². The lowest BCUT2D eigenvalue weighted by Crippen LogP contribution is -2.40. The molecule has 1 amide bonds. The van der Waals surface area contributed by atoms with Gasteiger partial charge >= 0.3 is 5.97 Å². The number of carbonyl (C=O) groups excluding carboxylic acids is 2. The second-order valence-corrected chi connectivity index (χ2v) is 5.01. The van der Waals surface area contributed by atoms with Crippen LogP contribution in [0.4, 0.5) is 0 Å². The molecular weight excluding hydrogens is 282 g/mol. The van der Waals surface area contributed by atoms with Gasteiger partial charge in [0.25, 0.3) is 5.91 Å². The third-order valence-corrected chi connectivity index (χ3v) is 3.58. The monoisotopic (exact) mass is 307 g/mol. The lowest BCUT2D eigenvalue weighted by Gasteiger charge is -2.29. The third kappa shape index (κ3) is 4.76. The Kier molecular flexibility index (Phi) is 7.43. The highest BCUT2D eigenvalue weighted by molar-refractivity contribution is 5.97. The van der Waals surface area contributed by atoms with Crippen molar-refractivity contribution in [3.8, 4) is 5.75 Å². The first-order valence-electron chi connectivity index (χ1n) is 7.64. The van der Waals surface area contributed by atoms with E-state index in [1.807, 2.05) is 19.9 Å². The molecule has 5 nitrogen and oxygen atoms in total. The third-order valence-electron chi connectivity index (χ3n) is 3.58. The lowest BCUT2D eigenvalue weighted by atomic mass is 10.1. The van der Waals surface area contributed by atoms with Gasteiger partial charge in [0.2, 0.25) is 0 Å². The van der Waals surface area contributed by atoms with Crippen LogP contribution in [0.5, 0.6) is 5.75 Å². The molecule has 0 radical (unpaired) electrons. The molecule has 0 bridgehead atoms. The van der Waals surface area contributed by atoms with E-state index in [9.17, 15) is 9.59 Å². The van der Waals surface area contributed by atoms with Gasteiger partial charge in [-0.15, -0.1) is 0 Å². The quantitative estimate of drug-likeness (QED) is 0.693. The number of para-hydroxylation sites is 1. The van der Waals surface area contributed by atoms with Gasteiger partial charge in [0, 0.05) is 12.6 Å². The van der Waals surface area contributed by atoms with Gasteiger partial charge in [-0.3, -0.25) is 9.59 Å². The minimum absolute atomic E-state index is 0.0341. The van der Waals surface area contributed by atoms with Crippen LogP contribution in [0.3, 0.4) is 0 Å². The number of hydrogen-bond donors (Lipinski definition) is 0. The molecule has 122 valence electrons. The van der Waals surface area contributed by atoms with E-state index in [4.69, 9.17) is 9.47 Å². The molecule has 0 spiro atoms. The minimum Gasteiger partial charge on any atom is -0.496 e. The number of benzene rings is 1.